The summed E-state index contributed by atoms with van der Waals surface area (Å²) in [4.78, 5) is 11.7. The first-order valence-corrected chi connectivity index (χ1v) is 6.79. The summed E-state index contributed by atoms with van der Waals surface area (Å²) in [5.74, 6) is 0. The van der Waals surface area contributed by atoms with E-state index in [1.54, 1.807) is 6.92 Å². The second kappa shape index (κ2) is 7.11. The lowest BCUT2D eigenvalue weighted by Gasteiger charge is -2.12. The van der Waals surface area contributed by atoms with Gasteiger partial charge in [-0.3, -0.25) is 0 Å². The summed E-state index contributed by atoms with van der Waals surface area (Å²) in [6.45, 7) is 1.79. The molecule has 0 radical (unpaired) electrons. The van der Waals surface area contributed by atoms with Crippen LogP contribution in [0.25, 0.3) is 11.1 Å². The molecule has 0 saturated heterocycles. The van der Waals surface area contributed by atoms with E-state index >= 15 is 0 Å². The number of carbonyl (C=O) groups is 1. The van der Waals surface area contributed by atoms with Crippen molar-refractivity contribution in [3.8, 4) is 17.2 Å². The minimum absolute atomic E-state index is 0.168. The van der Waals surface area contributed by atoms with Crippen molar-refractivity contribution < 1.29 is 4.79 Å². The lowest BCUT2D eigenvalue weighted by atomic mass is 10.1. The van der Waals surface area contributed by atoms with Crippen LogP contribution in [0.5, 0.6) is 0 Å². The molecule has 0 aliphatic carbocycles. The van der Waals surface area contributed by atoms with E-state index in [2.05, 4.69) is 10.6 Å². The maximum atomic E-state index is 11.7. The van der Waals surface area contributed by atoms with Gasteiger partial charge in [-0.2, -0.15) is 5.26 Å². The second-order valence-corrected chi connectivity index (χ2v) is 4.81. The topological polar surface area (TPSA) is 64.9 Å². The summed E-state index contributed by atoms with van der Waals surface area (Å²) < 4.78 is 0. The zero-order valence-electron chi connectivity index (χ0n) is 11.8. The van der Waals surface area contributed by atoms with Crippen molar-refractivity contribution in [3.05, 3.63) is 54.6 Å². The van der Waals surface area contributed by atoms with Crippen LogP contribution in [-0.4, -0.2) is 12.1 Å². The van der Waals surface area contributed by atoms with Gasteiger partial charge in [0.1, 0.15) is 0 Å². The Morgan fingerprint density at radius 3 is 2.33 bits per heavy atom. The maximum Gasteiger partial charge on any atom is 0.319 e. The zero-order valence-corrected chi connectivity index (χ0v) is 11.8. The summed E-state index contributed by atoms with van der Waals surface area (Å²) in [7, 11) is 0. The van der Waals surface area contributed by atoms with Gasteiger partial charge in [0.15, 0.2) is 0 Å². The number of nitrogens with zero attached hydrogens (tertiary/aromatic N) is 1. The molecule has 0 saturated carbocycles. The number of anilines is 1. The molecule has 0 aliphatic rings. The largest absolute Gasteiger partial charge is 0.334 e. The van der Waals surface area contributed by atoms with Gasteiger partial charge in [0, 0.05) is 11.7 Å². The van der Waals surface area contributed by atoms with E-state index in [1.807, 2.05) is 60.7 Å². The number of carbonyl (C=O) groups excluding carboxylic acids is 1. The number of benzene rings is 2. The molecule has 4 nitrogen and oxygen atoms in total. The first-order valence-electron chi connectivity index (χ1n) is 6.79. The number of urea groups is 1. The number of amides is 2. The number of rotatable bonds is 4. The first-order chi connectivity index (χ1) is 10.2. The van der Waals surface area contributed by atoms with Gasteiger partial charge in [0.2, 0.25) is 0 Å². The smallest absolute Gasteiger partial charge is 0.319 e. The minimum atomic E-state index is -0.301. The van der Waals surface area contributed by atoms with Crippen LogP contribution in [0, 0.1) is 11.3 Å². The Labute approximate surface area is 124 Å². The highest BCUT2D eigenvalue weighted by molar-refractivity contribution is 5.89. The molecule has 2 N–H and O–H groups in total. The van der Waals surface area contributed by atoms with Crippen LogP contribution in [0.15, 0.2) is 54.6 Å². The molecule has 4 heteroatoms. The average Bonchev–Trinajstić information content (AvgIpc) is 2.49. The summed E-state index contributed by atoms with van der Waals surface area (Å²) in [6, 6.07) is 19.2. The predicted molar refractivity (Wildman–Crippen MR) is 83.7 cm³/mol. The molecule has 0 unspecified atom stereocenters. The van der Waals surface area contributed by atoms with E-state index in [0.29, 0.717) is 6.42 Å². The van der Waals surface area contributed by atoms with Gasteiger partial charge in [0.05, 0.1) is 12.5 Å². The molecule has 2 amide bonds. The van der Waals surface area contributed by atoms with Crippen molar-refractivity contribution in [2.75, 3.05) is 5.32 Å². The van der Waals surface area contributed by atoms with Gasteiger partial charge in [-0.05, 0) is 30.2 Å². The molecule has 2 aromatic rings. The number of nitrogens with one attached hydrogen (secondary N) is 2. The number of hydrogen-bond acceptors (Lipinski definition) is 2. The fourth-order valence-corrected chi connectivity index (χ4v) is 1.96. The monoisotopic (exact) mass is 279 g/mol. The van der Waals surface area contributed by atoms with Crippen molar-refractivity contribution in [3.63, 3.8) is 0 Å². The van der Waals surface area contributed by atoms with Crippen LogP contribution in [0.2, 0.25) is 0 Å². The van der Waals surface area contributed by atoms with E-state index in [1.165, 1.54) is 0 Å². The molecule has 2 rings (SSSR count). The number of nitriles is 1. The van der Waals surface area contributed by atoms with Crippen molar-refractivity contribution in [2.24, 2.45) is 0 Å². The molecule has 1 atom stereocenters. The predicted octanol–water partition coefficient (Wildman–Crippen LogP) is 3.78. The Morgan fingerprint density at radius 1 is 1.10 bits per heavy atom. The Balaban J connectivity index is 1.97. The Bertz CT molecular complexity index is 629. The third kappa shape index (κ3) is 4.36. The van der Waals surface area contributed by atoms with Crippen LogP contribution in [0.4, 0.5) is 10.5 Å². The molecule has 2 aromatic carbocycles. The van der Waals surface area contributed by atoms with Crippen molar-refractivity contribution in [2.45, 2.75) is 19.4 Å². The van der Waals surface area contributed by atoms with E-state index < -0.39 is 0 Å². The molecule has 21 heavy (non-hydrogen) atoms. The molecule has 106 valence electrons. The third-order valence-electron chi connectivity index (χ3n) is 3.02. The van der Waals surface area contributed by atoms with Crippen molar-refractivity contribution >= 4 is 11.7 Å². The molecular formula is C17H17N3O. The van der Waals surface area contributed by atoms with Gasteiger partial charge in [-0.1, -0.05) is 42.5 Å². The highest BCUT2D eigenvalue weighted by atomic mass is 16.2. The number of hydrogen-bond donors (Lipinski definition) is 2. The van der Waals surface area contributed by atoms with Crippen LogP contribution < -0.4 is 10.6 Å². The molecule has 0 heterocycles. The fraction of sp³-hybridized carbons (Fsp3) is 0.176. The Kier molecular flexibility index (Phi) is 4.94. The third-order valence-corrected chi connectivity index (χ3v) is 3.02. The van der Waals surface area contributed by atoms with Crippen LogP contribution in [0.1, 0.15) is 13.3 Å². The van der Waals surface area contributed by atoms with Gasteiger partial charge in [-0.15, -0.1) is 0 Å². The zero-order chi connectivity index (χ0) is 15.1. The molecule has 0 fully saturated rings. The van der Waals surface area contributed by atoms with Gasteiger partial charge < -0.3 is 10.6 Å². The Hall–Kier alpha value is -2.80. The van der Waals surface area contributed by atoms with E-state index in [4.69, 9.17) is 5.26 Å². The van der Waals surface area contributed by atoms with Crippen molar-refractivity contribution in [1.29, 1.82) is 5.26 Å². The SMILES string of the molecule is C[C@@H](CC#N)NC(=O)Nc1ccc(-c2ccccc2)cc1. The van der Waals surface area contributed by atoms with Gasteiger partial charge >= 0.3 is 6.03 Å². The molecule has 0 aromatic heterocycles. The highest BCUT2D eigenvalue weighted by Gasteiger charge is 2.06. The molecule has 0 aliphatic heterocycles. The lowest BCUT2D eigenvalue weighted by molar-refractivity contribution is 0.249. The summed E-state index contributed by atoms with van der Waals surface area (Å²) in [6.07, 6.45) is 0.292. The van der Waals surface area contributed by atoms with Crippen LogP contribution in [0.3, 0.4) is 0 Å². The molecule has 0 bridgehead atoms. The van der Waals surface area contributed by atoms with Gasteiger partial charge in [0.25, 0.3) is 0 Å². The fourth-order valence-electron chi connectivity index (χ4n) is 1.96. The van der Waals surface area contributed by atoms with E-state index in [-0.39, 0.29) is 12.1 Å². The van der Waals surface area contributed by atoms with Gasteiger partial charge in [-0.25, -0.2) is 4.79 Å². The standard InChI is InChI=1S/C17H17N3O/c1-13(11-12-18)19-17(21)20-16-9-7-15(8-10-16)14-5-3-2-4-6-14/h2-10,13H,11H2,1H3,(H2,19,20,21)/t13-/m0/s1. The summed E-state index contributed by atoms with van der Waals surface area (Å²) >= 11 is 0. The van der Waals surface area contributed by atoms with Crippen LogP contribution in [-0.2, 0) is 0 Å². The molecular weight excluding hydrogens is 262 g/mol. The lowest BCUT2D eigenvalue weighted by Crippen LogP contribution is -2.35. The van der Waals surface area contributed by atoms with Crippen molar-refractivity contribution in [1.82, 2.24) is 5.32 Å². The van der Waals surface area contributed by atoms with E-state index in [9.17, 15) is 4.79 Å². The van der Waals surface area contributed by atoms with E-state index in [0.717, 1.165) is 16.8 Å². The van der Waals surface area contributed by atoms with Crippen LogP contribution >= 0.6 is 0 Å². The Morgan fingerprint density at radius 2 is 1.71 bits per heavy atom. The summed E-state index contributed by atoms with van der Waals surface area (Å²) in [5.41, 5.74) is 2.95. The first kappa shape index (κ1) is 14.6. The maximum absolute atomic E-state index is 11.7. The summed E-state index contributed by atoms with van der Waals surface area (Å²) in [5, 5.41) is 14.0. The quantitative estimate of drug-likeness (QED) is 0.894. The molecule has 0 spiro atoms. The normalized spacial score (nSPS) is 11.2. The highest BCUT2D eigenvalue weighted by Crippen LogP contribution is 2.20. The minimum Gasteiger partial charge on any atom is -0.334 e. The average molecular weight is 279 g/mol. The second-order valence-electron chi connectivity index (χ2n) is 4.81.